The Kier molecular flexibility index (Phi) is 8.87. The van der Waals surface area contributed by atoms with Gasteiger partial charge in [0.05, 0.1) is 6.61 Å². The zero-order valence-electron chi connectivity index (χ0n) is 17.6. The Morgan fingerprint density at radius 1 is 0.967 bits per heavy atom. The lowest BCUT2D eigenvalue weighted by molar-refractivity contribution is -0.146. The van der Waals surface area contributed by atoms with E-state index in [9.17, 15) is 14.4 Å². The smallest absolute Gasteiger partial charge is 0.325 e. The van der Waals surface area contributed by atoms with Gasteiger partial charge in [-0.05, 0) is 61.2 Å². The van der Waals surface area contributed by atoms with Crippen LogP contribution in [0.3, 0.4) is 0 Å². The largest absolute Gasteiger partial charge is 0.494 e. The predicted molar refractivity (Wildman–Crippen MR) is 115 cm³/mol. The first-order valence-corrected chi connectivity index (χ1v) is 9.99. The highest BCUT2D eigenvalue weighted by Crippen LogP contribution is 2.20. The second-order valence-corrected chi connectivity index (χ2v) is 6.78. The van der Waals surface area contributed by atoms with Crippen molar-refractivity contribution < 1.29 is 23.9 Å². The van der Waals surface area contributed by atoms with Crippen molar-refractivity contribution in [2.45, 2.75) is 33.1 Å². The van der Waals surface area contributed by atoms with Crippen LogP contribution in [0.1, 0.15) is 49.0 Å². The molecule has 2 aromatic carbocycles. The van der Waals surface area contributed by atoms with E-state index in [-0.39, 0.29) is 6.54 Å². The van der Waals surface area contributed by atoms with Crippen molar-refractivity contribution in [1.82, 2.24) is 5.32 Å². The number of benzene rings is 2. The van der Waals surface area contributed by atoms with Gasteiger partial charge < -0.3 is 20.1 Å². The molecule has 0 bridgehead atoms. The molecule has 0 unspecified atom stereocenters. The summed E-state index contributed by atoms with van der Waals surface area (Å²) in [5.74, 6) is -0.447. The van der Waals surface area contributed by atoms with Crippen molar-refractivity contribution in [1.29, 1.82) is 0 Å². The second kappa shape index (κ2) is 11.6. The summed E-state index contributed by atoms with van der Waals surface area (Å²) < 4.78 is 10.2. The molecule has 7 heteroatoms. The van der Waals surface area contributed by atoms with E-state index >= 15 is 0 Å². The molecule has 2 aromatic rings. The Balaban J connectivity index is 1.72. The SMILES string of the molecule is CCOc1ccc(C(=O)NCC(=O)OCC(=O)Nc2ccc([C@@H](C)CC)cc2)cc1. The number of rotatable bonds is 10. The van der Waals surface area contributed by atoms with E-state index in [4.69, 9.17) is 9.47 Å². The molecule has 0 aliphatic rings. The summed E-state index contributed by atoms with van der Waals surface area (Å²) in [5.41, 5.74) is 2.22. The number of esters is 1. The first kappa shape index (κ1) is 22.9. The molecule has 0 spiro atoms. The van der Waals surface area contributed by atoms with Crippen LogP contribution in [0.25, 0.3) is 0 Å². The highest BCUT2D eigenvalue weighted by Gasteiger charge is 2.11. The molecule has 0 aromatic heterocycles. The van der Waals surface area contributed by atoms with Crippen LogP contribution in [0.2, 0.25) is 0 Å². The molecule has 1 atom stereocenters. The lowest BCUT2D eigenvalue weighted by atomic mass is 9.99. The van der Waals surface area contributed by atoms with Gasteiger partial charge in [-0.15, -0.1) is 0 Å². The molecule has 2 N–H and O–H groups in total. The van der Waals surface area contributed by atoms with Gasteiger partial charge in [0.15, 0.2) is 6.61 Å². The van der Waals surface area contributed by atoms with E-state index in [1.807, 2.05) is 31.2 Å². The van der Waals surface area contributed by atoms with Gasteiger partial charge in [0.1, 0.15) is 12.3 Å². The number of carbonyl (C=O) groups is 3. The van der Waals surface area contributed by atoms with Gasteiger partial charge in [0, 0.05) is 11.3 Å². The number of nitrogens with one attached hydrogen (secondary N) is 2. The summed E-state index contributed by atoms with van der Waals surface area (Å²) in [6.07, 6.45) is 1.04. The molecule has 2 amide bonds. The van der Waals surface area contributed by atoms with Gasteiger partial charge in [-0.3, -0.25) is 14.4 Å². The fourth-order valence-electron chi connectivity index (χ4n) is 2.65. The highest BCUT2D eigenvalue weighted by atomic mass is 16.5. The maximum absolute atomic E-state index is 12.1. The monoisotopic (exact) mass is 412 g/mol. The summed E-state index contributed by atoms with van der Waals surface area (Å²) >= 11 is 0. The van der Waals surface area contributed by atoms with Crippen LogP contribution in [-0.4, -0.2) is 37.5 Å². The molecule has 0 aliphatic heterocycles. The molecular weight excluding hydrogens is 384 g/mol. The maximum Gasteiger partial charge on any atom is 0.325 e. The second-order valence-electron chi connectivity index (χ2n) is 6.78. The Morgan fingerprint density at radius 2 is 1.63 bits per heavy atom. The summed E-state index contributed by atoms with van der Waals surface area (Å²) in [7, 11) is 0. The predicted octanol–water partition coefficient (Wildman–Crippen LogP) is 3.51. The topological polar surface area (TPSA) is 93.7 Å². The third kappa shape index (κ3) is 7.24. The van der Waals surface area contributed by atoms with E-state index in [0.717, 1.165) is 6.42 Å². The summed E-state index contributed by atoms with van der Waals surface area (Å²) in [5, 5.41) is 5.13. The molecule has 0 heterocycles. The van der Waals surface area contributed by atoms with Crippen LogP contribution in [0, 0.1) is 0 Å². The number of hydrogen-bond donors (Lipinski definition) is 2. The number of amides is 2. The lowest BCUT2D eigenvalue weighted by Crippen LogP contribution is -2.32. The van der Waals surface area contributed by atoms with Crippen molar-refractivity contribution in [3.8, 4) is 5.75 Å². The number of carbonyl (C=O) groups excluding carboxylic acids is 3. The summed E-state index contributed by atoms with van der Waals surface area (Å²) in [6.45, 7) is 5.91. The molecule has 0 fully saturated rings. The van der Waals surface area contributed by atoms with Gasteiger partial charge in [-0.25, -0.2) is 0 Å². The molecule has 0 aliphatic carbocycles. The van der Waals surface area contributed by atoms with Crippen molar-refractivity contribution in [2.24, 2.45) is 0 Å². The van der Waals surface area contributed by atoms with Crippen molar-refractivity contribution in [3.05, 3.63) is 59.7 Å². The van der Waals surface area contributed by atoms with Crippen LogP contribution in [-0.2, 0) is 14.3 Å². The molecule has 7 nitrogen and oxygen atoms in total. The number of anilines is 1. The molecule has 2 rings (SSSR count). The first-order valence-electron chi connectivity index (χ1n) is 9.99. The minimum Gasteiger partial charge on any atom is -0.494 e. The first-order chi connectivity index (χ1) is 14.4. The van der Waals surface area contributed by atoms with Gasteiger partial charge in [-0.2, -0.15) is 0 Å². The third-order valence-corrected chi connectivity index (χ3v) is 4.56. The lowest BCUT2D eigenvalue weighted by Gasteiger charge is -2.11. The van der Waals surface area contributed by atoms with E-state index < -0.39 is 24.4 Å². The van der Waals surface area contributed by atoms with Gasteiger partial charge in [0.25, 0.3) is 11.8 Å². The van der Waals surface area contributed by atoms with Crippen LogP contribution in [0.5, 0.6) is 5.75 Å². The average Bonchev–Trinajstić information content (AvgIpc) is 2.76. The van der Waals surface area contributed by atoms with E-state index in [1.54, 1.807) is 24.3 Å². The summed E-state index contributed by atoms with van der Waals surface area (Å²) in [6, 6.07) is 14.1. The molecule has 0 saturated heterocycles. The molecular formula is C23H28N2O5. The summed E-state index contributed by atoms with van der Waals surface area (Å²) in [4.78, 5) is 35.8. The molecule has 0 radical (unpaired) electrons. The zero-order valence-corrected chi connectivity index (χ0v) is 17.6. The minimum absolute atomic E-state index is 0.330. The Hall–Kier alpha value is -3.35. The van der Waals surface area contributed by atoms with Crippen LogP contribution in [0.4, 0.5) is 5.69 Å². The zero-order chi connectivity index (χ0) is 21.9. The average molecular weight is 412 g/mol. The quantitative estimate of drug-likeness (QED) is 0.583. The van der Waals surface area contributed by atoms with Crippen LogP contribution < -0.4 is 15.4 Å². The maximum atomic E-state index is 12.1. The van der Waals surface area contributed by atoms with Gasteiger partial charge >= 0.3 is 5.97 Å². The van der Waals surface area contributed by atoms with Gasteiger partial charge in [-0.1, -0.05) is 26.0 Å². The van der Waals surface area contributed by atoms with Crippen molar-refractivity contribution in [3.63, 3.8) is 0 Å². The third-order valence-electron chi connectivity index (χ3n) is 4.56. The minimum atomic E-state index is -0.698. The highest BCUT2D eigenvalue weighted by molar-refractivity contribution is 5.96. The Bertz CT molecular complexity index is 847. The molecule has 30 heavy (non-hydrogen) atoms. The number of hydrogen-bond acceptors (Lipinski definition) is 5. The standard InChI is InChI=1S/C23H28N2O5/c1-4-16(3)17-6-10-19(11-7-17)25-21(26)15-30-22(27)14-24-23(28)18-8-12-20(13-9-18)29-5-2/h6-13,16H,4-5,14-15H2,1-3H3,(H,24,28)(H,25,26)/t16-/m0/s1. The molecule has 0 saturated carbocycles. The Labute approximate surface area is 176 Å². The van der Waals surface area contributed by atoms with E-state index in [0.29, 0.717) is 29.5 Å². The van der Waals surface area contributed by atoms with E-state index in [2.05, 4.69) is 24.5 Å². The van der Waals surface area contributed by atoms with Gasteiger partial charge in [0.2, 0.25) is 0 Å². The van der Waals surface area contributed by atoms with Crippen molar-refractivity contribution in [2.75, 3.05) is 25.1 Å². The molecule has 160 valence electrons. The van der Waals surface area contributed by atoms with Crippen molar-refractivity contribution >= 4 is 23.5 Å². The fourth-order valence-corrected chi connectivity index (χ4v) is 2.65. The Morgan fingerprint density at radius 3 is 2.23 bits per heavy atom. The fraction of sp³-hybridized carbons (Fsp3) is 0.348. The van der Waals surface area contributed by atoms with E-state index in [1.165, 1.54) is 5.56 Å². The number of ether oxygens (including phenoxy) is 2. The van der Waals surface area contributed by atoms with Crippen LogP contribution >= 0.6 is 0 Å². The van der Waals surface area contributed by atoms with Crippen LogP contribution in [0.15, 0.2) is 48.5 Å². The normalized spacial score (nSPS) is 11.3.